The van der Waals surface area contributed by atoms with E-state index in [4.69, 9.17) is 16.3 Å². The molecular weight excluding hydrogens is 380 g/mol. The smallest absolute Gasteiger partial charge is 0.364 e. The number of esters is 1. The summed E-state index contributed by atoms with van der Waals surface area (Å²) in [4.78, 5) is 21.0. The van der Waals surface area contributed by atoms with Gasteiger partial charge in [0.1, 0.15) is 5.75 Å². The molecule has 0 amide bonds. The van der Waals surface area contributed by atoms with E-state index in [9.17, 15) is 4.79 Å². The van der Waals surface area contributed by atoms with E-state index in [1.54, 1.807) is 6.07 Å². The van der Waals surface area contributed by atoms with Crippen LogP contribution in [0.15, 0.2) is 53.8 Å². The van der Waals surface area contributed by atoms with Crippen molar-refractivity contribution in [3.63, 3.8) is 0 Å². The fourth-order valence-corrected chi connectivity index (χ4v) is 3.50. The molecule has 0 aliphatic carbocycles. The van der Waals surface area contributed by atoms with Crippen molar-refractivity contribution >= 4 is 29.3 Å². The molecule has 1 heterocycles. The number of hydrogen-bond acceptors (Lipinski definition) is 5. The quantitative estimate of drug-likeness (QED) is 0.243. The van der Waals surface area contributed by atoms with Crippen LogP contribution in [0.1, 0.15) is 32.7 Å². The van der Waals surface area contributed by atoms with E-state index < -0.39 is 5.97 Å². The second kappa shape index (κ2) is 8.55. The van der Waals surface area contributed by atoms with Gasteiger partial charge in [-0.2, -0.15) is 0 Å². The molecule has 0 saturated carbocycles. The van der Waals surface area contributed by atoms with Gasteiger partial charge in [-0.3, -0.25) is 0 Å². The van der Waals surface area contributed by atoms with E-state index in [1.165, 1.54) is 23.5 Å². The highest BCUT2D eigenvalue weighted by Gasteiger charge is 2.18. The summed E-state index contributed by atoms with van der Waals surface area (Å²) in [5, 5.41) is 0.651. The Morgan fingerprint density at radius 1 is 1.11 bits per heavy atom. The fraction of sp³-hybridized carbons (Fsp3) is 0.190. The maximum Gasteiger partial charge on any atom is 0.364 e. The molecule has 0 spiro atoms. The van der Waals surface area contributed by atoms with Crippen LogP contribution in [-0.4, -0.2) is 15.9 Å². The van der Waals surface area contributed by atoms with E-state index in [0.29, 0.717) is 16.7 Å². The Bertz CT molecular complexity index is 992. The monoisotopic (exact) mass is 398 g/mol. The van der Waals surface area contributed by atoms with Gasteiger partial charge in [-0.1, -0.05) is 70.9 Å². The number of hydrogen-bond donors (Lipinski definition) is 0. The van der Waals surface area contributed by atoms with E-state index in [-0.39, 0.29) is 10.7 Å². The average molecular weight is 399 g/mol. The minimum absolute atomic E-state index is 0.0679. The topological polar surface area (TPSA) is 52.1 Å². The van der Waals surface area contributed by atoms with E-state index in [0.717, 1.165) is 16.7 Å². The third-order valence-corrected chi connectivity index (χ3v) is 5.11. The molecule has 1 aromatic heterocycles. The molecule has 27 heavy (non-hydrogen) atoms. The molecule has 0 aliphatic rings. The number of thioether (sulfide) groups is 1. The van der Waals surface area contributed by atoms with Crippen LogP contribution in [0.4, 0.5) is 0 Å². The number of aromatic nitrogens is 2. The van der Waals surface area contributed by atoms with Gasteiger partial charge in [0.2, 0.25) is 0 Å². The van der Waals surface area contributed by atoms with E-state index in [1.807, 2.05) is 51.1 Å². The maximum absolute atomic E-state index is 12.5. The van der Waals surface area contributed by atoms with Crippen LogP contribution >= 0.6 is 23.4 Å². The van der Waals surface area contributed by atoms with Crippen molar-refractivity contribution in [1.82, 2.24) is 9.97 Å². The highest BCUT2D eigenvalue weighted by atomic mass is 35.5. The lowest BCUT2D eigenvalue weighted by atomic mass is 10.1. The van der Waals surface area contributed by atoms with Gasteiger partial charge in [-0.15, -0.1) is 0 Å². The first kappa shape index (κ1) is 19.4. The average Bonchev–Trinajstić information content (AvgIpc) is 2.63. The Hall–Kier alpha value is -2.37. The Balaban J connectivity index is 1.75. The normalized spacial score (nSPS) is 10.7. The Morgan fingerprint density at radius 2 is 1.89 bits per heavy atom. The van der Waals surface area contributed by atoms with Gasteiger partial charge in [0.15, 0.2) is 10.9 Å². The number of aryl methyl sites for hydroxylation is 3. The maximum atomic E-state index is 12.5. The Labute approximate surface area is 168 Å². The summed E-state index contributed by atoms with van der Waals surface area (Å²) in [5.74, 6) is 0.607. The molecule has 0 bridgehead atoms. The van der Waals surface area contributed by atoms with Gasteiger partial charge in [-0.25, -0.2) is 14.8 Å². The van der Waals surface area contributed by atoms with Crippen molar-refractivity contribution in [2.75, 3.05) is 0 Å². The first-order valence-corrected chi connectivity index (χ1v) is 9.79. The summed E-state index contributed by atoms with van der Waals surface area (Å²) in [6.07, 6.45) is 1.44. The van der Waals surface area contributed by atoms with Gasteiger partial charge in [0.25, 0.3) is 0 Å². The summed E-state index contributed by atoms with van der Waals surface area (Å²) < 4.78 is 5.48. The van der Waals surface area contributed by atoms with Crippen molar-refractivity contribution in [1.29, 1.82) is 0 Å². The second-order valence-corrected chi connectivity index (χ2v) is 7.64. The van der Waals surface area contributed by atoms with Crippen molar-refractivity contribution in [3.05, 3.63) is 81.6 Å². The molecule has 4 nitrogen and oxygen atoms in total. The van der Waals surface area contributed by atoms with Gasteiger partial charge in [0.05, 0.1) is 11.2 Å². The van der Waals surface area contributed by atoms with Gasteiger partial charge >= 0.3 is 5.97 Å². The molecule has 0 fully saturated rings. The molecule has 6 heteroatoms. The summed E-state index contributed by atoms with van der Waals surface area (Å²) in [6, 6.07) is 13.8. The van der Waals surface area contributed by atoms with E-state index in [2.05, 4.69) is 16.0 Å². The first-order chi connectivity index (χ1) is 12.9. The standard InChI is InChI=1S/C21H19ClN2O2S/c1-13-5-4-6-16(10-13)12-27-21-23-11-17(22)19(24-21)20(25)26-18-8-7-14(2)9-15(18)3/h4-11H,12H2,1-3H3. The minimum atomic E-state index is -0.591. The number of carbonyl (C=O) groups is 1. The molecular formula is C21H19ClN2O2S. The zero-order valence-corrected chi connectivity index (χ0v) is 16.9. The molecule has 138 valence electrons. The minimum Gasteiger partial charge on any atom is -0.421 e. The molecule has 0 unspecified atom stereocenters. The van der Waals surface area contributed by atoms with E-state index >= 15 is 0 Å². The Kier molecular flexibility index (Phi) is 6.14. The number of carbonyl (C=O) groups excluding carboxylic acids is 1. The molecule has 0 radical (unpaired) electrons. The fourth-order valence-electron chi connectivity index (χ4n) is 2.58. The highest BCUT2D eigenvalue weighted by Crippen LogP contribution is 2.24. The molecule has 3 rings (SSSR count). The van der Waals surface area contributed by atoms with Gasteiger partial charge in [-0.05, 0) is 38.0 Å². The van der Waals surface area contributed by atoms with Crippen LogP contribution in [0, 0.1) is 20.8 Å². The summed E-state index contributed by atoms with van der Waals surface area (Å²) in [7, 11) is 0. The predicted molar refractivity (Wildman–Crippen MR) is 109 cm³/mol. The molecule has 0 N–H and O–H groups in total. The summed E-state index contributed by atoms with van der Waals surface area (Å²) in [5.41, 5.74) is 4.41. The zero-order valence-electron chi connectivity index (χ0n) is 15.3. The zero-order chi connectivity index (χ0) is 19.4. The van der Waals surface area contributed by atoms with Crippen molar-refractivity contribution in [2.24, 2.45) is 0 Å². The number of halogens is 1. The number of benzene rings is 2. The van der Waals surface area contributed by atoms with Gasteiger partial charge in [0, 0.05) is 5.75 Å². The third kappa shape index (κ3) is 5.08. The lowest BCUT2D eigenvalue weighted by Gasteiger charge is -2.09. The number of nitrogens with zero attached hydrogens (tertiary/aromatic N) is 2. The van der Waals surface area contributed by atoms with Crippen LogP contribution in [0.25, 0.3) is 0 Å². The van der Waals surface area contributed by atoms with Crippen LogP contribution in [-0.2, 0) is 5.75 Å². The van der Waals surface area contributed by atoms with Crippen molar-refractivity contribution in [2.45, 2.75) is 31.7 Å². The molecule has 0 aliphatic heterocycles. The Morgan fingerprint density at radius 3 is 2.63 bits per heavy atom. The number of rotatable bonds is 5. The SMILES string of the molecule is Cc1cccc(CSc2ncc(Cl)c(C(=O)Oc3ccc(C)cc3C)n2)c1. The third-order valence-electron chi connectivity index (χ3n) is 3.90. The largest absolute Gasteiger partial charge is 0.421 e. The highest BCUT2D eigenvalue weighted by molar-refractivity contribution is 7.98. The van der Waals surface area contributed by atoms with Crippen LogP contribution in [0.2, 0.25) is 5.02 Å². The summed E-state index contributed by atoms with van der Waals surface area (Å²) in [6.45, 7) is 5.92. The molecule has 0 saturated heterocycles. The lowest BCUT2D eigenvalue weighted by Crippen LogP contribution is -2.13. The lowest BCUT2D eigenvalue weighted by molar-refractivity contribution is 0.0726. The van der Waals surface area contributed by atoms with Crippen LogP contribution in [0.5, 0.6) is 5.75 Å². The predicted octanol–water partition coefficient (Wildman–Crippen LogP) is 5.57. The first-order valence-electron chi connectivity index (χ1n) is 8.42. The summed E-state index contributed by atoms with van der Waals surface area (Å²) >= 11 is 7.57. The van der Waals surface area contributed by atoms with Gasteiger partial charge < -0.3 is 4.74 Å². The second-order valence-electron chi connectivity index (χ2n) is 6.29. The van der Waals surface area contributed by atoms with Crippen molar-refractivity contribution in [3.8, 4) is 5.75 Å². The molecule has 3 aromatic rings. The number of ether oxygens (including phenoxy) is 1. The van der Waals surface area contributed by atoms with Crippen molar-refractivity contribution < 1.29 is 9.53 Å². The molecule has 0 atom stereocenters. The van der Waals surface area contributed by atoms with Crippen LogP contribution in [0.3, 0.4) is 0 Å². The molecule has 2 aromatic carbocycles. The van der Waals surface area contributed by atoms with Crippen LogP contribution < -0.4 is 4.74 Å².